The van der Waals surface area contributed by atoms with Gasteiger partial charge in [0.15, 0.2) is 0 Å². The summed E-state index contributed by atoms with van der Waals surface area (Å²) in [6.07, 6.45) is 1.33. The Morgan fingerprint density at radius 2 is 1.66 bits per heavy atom. The summed E-state index contributed by atoms with van der Waals surface area (Å²) in [7, 11) is -4.37. The second-order valence-electron chi connectivity index (χ2n) is 13.6. The van der Waals surface area contributed by atoms with Gasteiger partial charge in [-0.1, -0.05) is 36.4 Å². The lowest BCUT2D eigenvalue weighted by Gasteiger charge is -2.19. The SMILES string of the molecule is Cc1cc(OCCCC(=O)NCCNC(=O)OCc2ccccc2)cc(C)c1S(=O)(=O)N[C@@H](CNC(=O)c1ccc2c(c1)CN(CCNc1cccc[n+]1[O-])N2)C(=O)O. The van der Waals surface area contributed by atoms with Crippen molar-refractivity contribution < 1.29 is 46.9 Å². The summed E-state index contributed by atoms with van der Waals surface area (Å²) >= 11 is 0. The Morgan fingerprint density at radius 1 is 0.932 bits per heavy atom. The number of carboxylic acids is 1. The number of alkyl carbamates (subject to hydrolysis) is 1. The van der Waals surface area contributed by atoms with E-state index in [1.807, 2.05) is 35.3 Å². The number of aliphatic carboxylic acids is 1. The molecule has 1 aliphatic heterocycles. The van der Waals surface area contributed by atoms with Crippen LogP contribution < -0.4 is 40.9 Å². The van der Waals surface area contributed by atoms with Gasteiger partial charge in [-0.25, -0.2) is 23.0 Å². The summed E-state index contributed by atoms with van der Waals surface area (Å²) in [5, 5.41) is 34.5. The Labute approximate surface area is 341 Å². The van der Waals surface area contributed by atoms with Gasteiger partial charge in [-0.2, -0.15) is 4.72 Å². The number of nitrogens with zero attached hydrogens (tertiary/aromatic N) is 2. The van der Waals surface area contributed by atoms with Crippen LogP contribution in [0.4, 0.5) is 16.3 Å². The van der Waals surface area contributed by atoms with E-state index < -0.39 is 40.6 Å². The summed E-state index contributed by atoms with van der Waals surface area (Å²) in [4.78, 5) is 49.2. The van der Waals surface area contributed by atoms with Gasteiger partial charge in [0.2, 0.25) is 15.9 Å². The zero-order valence-corrected chi connectivity index (χ0v) is 33.5. The Balaban J connectivity index is 1.03. The lowest BCUT2D eigenvalue weighted by molar-refractivity contribution is -0.590. The molecule has 314 valence electrons. The van der Waals surface area contributed by atoms with E-state index >= 15 is 0 Å². The van der Waals surface area contributed by atoms with Gasteiger partial charge in [-0.05, 0) is 78.9 Å². The standard InChI is InChI=1S/C40H48N8O10S/c1-27-21-32(57-20-8-12-36(49)42-15-16-43-40(53)58-26-29-9-4-3-5-10-29)22-28(2)37(27)59(55,56)46-34(39(51)52)24-44-38(50)30-13-14-33-31(23-30)25-47(45-33)19-17-41-35-11-6-7-18-48(35)54/h3-7,9-11,13-14,18,21-23,34,41,45-46H,8,12,15-17,19-20,24-26H2,1-2H3,(H,42,49)(H,43,53)(H,44,50)(H,51,52)/t34-/m0/s1. The molecule has 3 aromatic carbocycles. The Hall–Kier alpha value is -6.44. The van der Waals surface area contributed by atoms with Crippen LogP contribution in [0.2, 0.25) is 0 Å². The molecule has 0 aliphatic carbocycles. The third-order valence-electron chi connectivity index (χ3n) is 9.03. The molecule has 59 heavy (non-hydrogen) atoms. The summed E-state index contributed by atoms with van der Waals surface area (Å²) in [6, 6.07) is 20.6. The van der Waals surface area contributed by atoms with Crippen LogP contribution in [0.3, 0.4) is 0 Å². The number of benzene rings is 3. The van der Waals surface area contributed by atoms with Gasteiger partial charge in [0, 0.05) is 44.2 Å². The van der Waals surface area contributed by atoms with E-state index in [-0.39, 0.29) is 49.1 Å². The van der Waals surface area contributed by atoms with Crippen LogP contribution in [0.15, 0.2) is 90.0 Å². The molecule has 2 heterocycles. The van der Waals surface area contributed by atoms with Crippen molar-refractivity contribution >= 4 is 45.4 Å². The largest absolute Gasteiger partial charge is 0.711 e. The average molecular weight is 833 g/mol. The topological polar surface area (TPSA) is 243 Å². The highest BCUT2D eigenvalue weighted by Gasteiger charge is 2.29. The molecule has 3 amide bonds. The monoisotopic (exact) mass is 832 g/mol. The number of carboxylic acid groups (broad SMARTS) is 1. The summed E-state index contributed by atoms with van der Waals surface area (Å²) < 4.78 is 40.8. The number of hydrogen-bond donors (Lipinski definition) is 7. The van der Waals surface area contributed by atoms with Crippen LogP contribution in [0.5, 0.6) is 5.75 Å². The first-order chi connectivity index (χ1) is 28.3. The van der Waals surface area contributed by atoms with Crippen molar-refractivity contribution in [3.8, 4) is 5.75 Å². The van der Waals surface area contributed by atoms with Gasteiger partial charge >= 0.3 is 12.1 Å². The lowest BCUT2D eigenvalue weighted by atomic mass is 10.1. The molecular weight excluding hydrogens is 785 g/mol. The zero-order chi connectivity index (χ0) is 42.4. The van der Waals surface area contributed by atoms with Crippen molar-refractivity contribution in [3.63, 3.8) is 0 Å². The molecule has 0 saturated carbocycles. The number of ether oxygens (including phenoxy) is 2. The first kappa shape index (κ1) is 43.7. The number of sulfonamides is 1. The highest BCUT2D eigenvalue weighted by molar-refractivity contribution is 7.89. The quantitative estimate of drug-likeness (QED) is 0.0363. The number of aromatic nitrogens is 1. The van der Waals surface area contributed by atoms with E-state index in [1.54, 1.807) is 50.2 Å². The molecule has 0 radical (unpaired) electrons. The molecule has 0 bridgehead atoms. The fourth-order valence-corrected chi connectivity index (χ4v) is 7.84. The number of amides is 3. The van der Waals surface area contributed by atoms with Crippen LogP contribution in [0.25, 0.3) is 0 Å². The normalized spacial score (nSPS) is 12.7. The zero-order valence-electron chi connectivity index (χ0n) is 32.7. The first-order valence-corrected chi connectivity index (χ1v) is 20.3. The minimum absolute atomic E-state index is 0.124. The number of rotatable bonds is 21. The number of nitrogens with one attached hydrogen (secondary N) is 6. The molecule has 0 fully saturated rings. The van der Waals surface area contributed by atoms with Gasteiger partial charge in [-0.3, -0.25) is 19.7 Å². The van der Waals surface area contributed by atoms with Gasteiger partial charge < -0.3 is 41.2 Å². The van der Waals surface area contributed by atoms with Crippen molar-refractivity contribution in [1.29, 1.82) is 0 Å². The van der Waals surface area contributed by atoms with Crippen LogP contribution >= 0.6 is 0 Å². The van der Waals surface area contributed by atoms with Crippen LogP contribution in [-0.4, -0.2) is 87.8 Å². The van der Waals surface area contributed by atoms with Crippen molar-refractivity contribution in [3.05, 3.63) is 118 Å². The Kier molecular flexibility index (Phi) is 15.4. The number of carbonyl (C=O) groups excluding carboxylic acids is 3. The molecule has 4 aromatic rings. The third kappa shape index (κ3) is 13.0. The van der Waals surface area contributed by atoms with Gasteiger partial charge in [-0.15, -0.1) is 0 Å². The van der Waals surface area contributed by atoms with E-state index in [2.05, 4.69) is 31.4 Å². The Bertz CT molecular complexity index is 2200. The van der Waals surface area contributed by atoms with Crippen molar-refractivity contribution in [2.75, 3.05) is 50.1 Å². The summed E-state index contributed by atoms with van der Waals surface area (Å²) in [6.45, 7) is 4.77. The summed E-state index contributed by atoms with van der Waals surface area (Å²) in [5.41, 5.74) is 6.60. The number of hydrogen-bond acceptors (Lipinski definition) is 12. The van der Waals surface area contributed by atoms with Gasteiger partial charge in [0.05, 0.1) is 36.5 Å². The number of hydrazine groups is 1. The third-order valence-corrected chi connectivity index (χ3v) is 10.8. The molecule has 18 nitrogen and oxygen atoms in total. The van der Waals surface area contributed by atoms with Crippen molar-refractivity contribution in [1.82, 2.24) is 25.7 Å². The Morgan fingerprint density at radius 3 is 2.39 bits per heavy atom. The molecule has 1 aromatic heterocycles. The van der Waals surface area contributed by atoms with E-state index in [0.717, 1.165) is 21.5 Å². The molecule has 0 saturated heterocycles. The number of aryl methyl sites for hydroxylation is 2. The lowest BCUT2D eigenvalue weighted by Crippen LogP contribution is -2.48. The molecule has 19 heteroatoms. The highest BCUT2D eigenvalue weighted by atomic mass is 32.2. The molecule has 1 aliphatic rings. The molecule has 5 rings (SSSR count). The number of fused-ring (bicyclic) bond motifs is 1. The number of pyridine rings is 1. The maximum absolute atomic E-state index is 13.5. The molecule has 1 atom stereocenters. The molecular formula is C40H48N8O10S. The second-order valence-corrected chi connectivity index (χ2v) is 15.3. The second kappa shape index (κ2) is 20.8. The van der Waals surface area contributed by atoms with E-state index in [1.165, 1.54) is 18.3 Å². The fourth-order valence-electron chi connectivity index (χ4n) is 6.20. The van der Waals surface area contributed by atoms with Crippen LogP contribution in [-0.2, 0) is 37.5 Å². The van der Waals surface area contributed by atoms with Crippen molar-refractivity contribution in [2.45, 2.75) is 50.8 Å². The fraction of sp³-hybridized carbons (Fsp3) is 0.325. The minimum atomic E-state index is -4.37. The molecule has 7 N–H and O–H groups in total. The minimum Gasteiger partial charge on any atom is -0.711 e. The van der Waals surface area contributed by atoms with E-state index in [0.29, 0.717) is 48.7 Å². The first-order valence-electron chi connectivity index (χ1n) is 18.8. The maximum atomic E-state index is 13.5. The molecule has 0 spiro atoms. The smallest absolute Gasteiger partial charge is 0.407 e. The van der Waals surface area contributed by atoms with Gasteiger partial charge in [0.25, 0.3) is 11.7 Å². The van der Waals surface area contributed by atoms with Crippen LogP contribution in [0.1, 0.15) is 45.5 Å². The number of anilines is 2. The van der Waals surface area contributed by atoms with Gasteiger partial charge in [0.1, 0.15) is 18.4 Å². The predicted molar refractivity (Wildman–Crippen MR) is 217 cm³/mol. The van der Waals surface area contributed by atoms with E-state index in [4.69, 9.17) is 9.47 Å². The van der Waals surface area contributed by atoms with Crippen molar-refractivity contribution in [2.24, 2.45) is 0 Å². The summed E-state index contributed by atoms with van der Waals surface area (Å²) in [5.74, 6) is -1.50. The predicted octanol–water partition coefficient (Wildman–Crippen LogP) is 2.55. The van der Waals surface area contributed by atoms with E-state index in [9.17, 15) is 37.9 Å². The maximum Gasteiger partial charge on any atom is 0.407 e. The molecule has 0 unspecified atom stereocenters. The number of carbonyl (C=O) groups is 4. The average Bonchev–Trinajstić information content (AvgIpc) is 3.61. The van der Waals surface area contributed by atoms with Crippen LogP contribution in [0, 0.1) is 19.1 Å². The highest BCUT2D eigenvalue weighted by Crippen LogP contribution is 2.27.